The Bertz CT molecular complexity index is 1590. The average molecular weight is 545 g/mol. The molecule has 1 saturated heterocycles. The molecule has 1 aliphatic heterocycles. The van der Waals surface area contributed by atoms with Gasteiger partial charge in [0.2, 0.25) is 0 Å². The lowest BCUT2D eigenvalue weighted by molar-refractivity contribution is 0.215. The molecule has 5 rings (SSSR count). The summed E-state index contributed by atoms with van der Waals surface area (Å²) in [6.07, 6.45) is 3.09. The first kappa shape index (κ1) is 25.4. The molecule has 0 atom stereocenters. The van der Waals surface area contributed by atoms with Crippen molar-refractivity contribution in [2.75, 3.05) is 33.0 Å². The van der Waals surface area contributed by atoms with Crippen LogP contribution >= 0.6 is 11.6 Å². The second-order valence-electron chi connectivity index (χ2n) is 9.12. The highest BCUT2D eigenvalue weighted by Crippen LogP contribution is 2.36. The van der Waals surface area contributed by atoms with Crippen LogP contribution in [0, 0.1) is 5.82 Å². The van der Waals surface area contributed by atoms with Crippen LogP contribution in [-0.2, 0) is 15.6 Å². The maximum atomic E-state index is 15.9. The van der Waals surface area contributed by atoms with Crippen LogP contribution in [0.2, 0.25) is 5.02 Å². The van der Waals surface area contributed by atoms with Gasteiger partial charge in [0.05, 0.1) is 34.2 Å². The molecular weight excluding hydrogens is 519 g/mol. The summed E-state index contributed by atoms with van der Waals surface area (Å²) < 4.78 is 49.1. The predicted molar refractivity (Wildman–Crippen MR) is 140 cm³/mol. The molecule has 9 nitrogen and oxygen atoms in total. The van der Waals surface area contributed by atoms with Crippen molar-refractivity contribution in [2.24, 2.45) is 0 Å². The van der Waals surface area contributed by atoms with Crippen LogP contribution in [0.1, 0.15) is 24.4 Å². The van der Waals surface area contributed by atoms with Crippen LogP contribution in [0.5, 0.6) is 5.75 Å². The van der Waals surface area contributed by atoms with E-state index in [-0.39, 0.29) is 38.6 Å². The van der Waals surface area contributed by atoms with Crippen LogP contribution in [0.15, 0.2) is 47.6 Å². The molecule has 3 heterocycles. The molecule has 37 heavy (non-hydrogen) atoms. The fourth-order valence-corrected chi connectivity index (χ4v) is 6.38. The van der Waals surface area contributed by atoms with E-state index in [1.54, 1.807) is 16.8 Å². The maximum absolute atomic E-state index is 15.9. The Morgan fingerprint density at radius 3 is 2.65 bits per heavy atom. The van der Waals surface area contributed by atoms with Gasteiger partial charge in [0.15, 0.2) is 15.5 Å². The van der Waals surface area contributed by atoms with Crippen molar-refractivity contribution in [3.8, 4) is 17.0 Å². The maximum Gasteiger partial charge on any atom is 0.182 e. The van der Waals surface area contributed by atoms with E-state index < -0.39 is 21.4 Å². The fraction of sp³-hybridized carbons (Fsp3) is 0.320. The van der Waals surface area contributed by atoms with Crippen molar-refractivity contribution in [3.63, 3.8) is 0 Å². The number of ether oxygens (including phenoxy) is 1. The van der Waals surface area contributed by atoms with Crippen LogP contribution < -0.4 is 10.5 Å². The number of halogens is 2. The zero-order valence-electron chi connectivity index (χ0n) is 20.4. The molecule has 2 N–H and O–H groups in total. The van der Waals surface area contributed by atoms with E-state index >= 15 is 4.39 Å². The van der Waals surface area contributed by atoms with Gasteiger partial charge in [-0.05, 0) is 57.2 Å². The third kappa shape index (κ3) is 4.74. The minimum atomic E-state index is -3.91. The average Bonchev–Trinajstić information content (AvgIpc) is 3.26. The van der Waals surface area contributed by atoms with Crippen molar-refractivity contribution >= 4 is 38.3 Å². The lowest BCUT2D eigenvalue weighted by atomic mass is 10.1. The molecule has 0 amide bonds. The Hall–Kier alpha value is -3.28. The summed E-state index contributed by atoms with van der Waals surface area (Å²) in [5.74, 6) is -0.719. The smallest absolute Gasteiger partial charge is 0.182 e. The fourth-order valence-electron chi connectivity index (χ4n) is 4.68. The number of likely N-dealkylation sites (tertiary alicyclic amines) is 1. The van der Waals surface area contributed by atoms with Crippen LogP contribution in [0.4, 0.5) is 10.2 Å². The molecule has 2 aromatic carbocycles. The van der Waals surface area contributed by atoms with Gasteiger partial charge in [-0.15, -0.1) is 0 Å². The van der Waals surface area contributed by atoms with Gasteiger partial charge in [0, 0.05) is 11.1 Å². The van der Waals surface area contributed by atoms with E-state index in [1.807, 2.05) is 0 Å². The third-order valence-corrected chi connectivity index (χ3v) is 8.67. The van der Waals surface area contributed by atoms with Crippen molar-refractivity contribution in [1.82, 2.24) is 24.6 Å². The number of benzene rings is 2. The SMILES string of the molecule is COc1ccc(S(=O)(=O)Cc2cccc(-c3nn(C4CCN(C)CC4)c4ncnc(N)c34)c2F)cc1Cl. The molecule has 12 heteroatoms. The summed E-state index contributed by atoms with van der Waals surface area (Å²) in [6.45, 7) is 1.80. The molecule has 4 aromatic rings. The van der Waals surface area contributed by atoms with Gasteiger partial charge >= 0.3 is 0 Å². The summed E-state index contributed by atoms with van der Waals surface area (Å²) in [6, 6.07) is 8.83. The highest BCUT2D eigenvalue weighted by Gasteiger charge is 2.27. The van der Waals surface area contributed by atoms with Crippen LogP contribution in [-0.4, -0.2) is 60.3 Å². The van der Waals surface area contributed by atoms with Crippen molar-refractivity contribution in [3.05, 3.63) is 59.1 Å². The number of sulfone groups is 1. The monoisotopic (exact) mass is 544 g/mol. The van der Waals surface area contributed by atoms with Crippen LogP contribution in [0.3, 0.4) is 0 Å². The Morgan fingerprint density at radius 2 is 1.95 bits per heavy atom. The highest BCUT2D eigenvalue weighted by molar-refractivity contribution is 7.90. The number of fused-ring (bicyclic) bond motifs is 1. The Kier molecular flexibility index (Phi) is 6.78. The number of aromatic nitrogens is 4. The Balaban J connectivity index is 1.56. The Labute approximate surface area is 218 Å². The summed E-state index contributed by atoms with van der Waals surface area (Å²) in [4.78, 5) is 10.7. The second kappa shape index (κ2) is 9.88. The molecule has 0 unspecified atom stereocenters. The van der Waals surface area contributed by atoms with Gasteiger partial charge in [-0.1, -0.05) is 23.7 Å². The molecule has 0 aliphatic carbocycles. The largest absolute Gasteiger partial charge is 0.495 e. The lowest BCUT2D eigenvalue weighted by Gasteiger charge is -2.29. The number of nitrogen functional groups attached to an aromatic ring is 1. The zero-order valence-corrected chi connectivity index (χ0v) is 21.9. The summed E-state index contributed by atoms with van der Waals surface area (Å²) >= 11 is 6.12. The molecule has 0 bridgehead atoms. The standard InChI is InChI=1S/C25H26ClFN6O3S/c1-32-10-8-16(9-11-32)33-25-21(24(28)29-14-30-25)23(31-33)18-5-3-4-15(22(18)27)13-37(34,35)17-6-7-20(36-2)19(26)12-17/h3-7,12,14,16H,8-11,13H2,1-2H3,(H2,28,29,30). The van der Waals surface area contributed by atoms with Crippen molar-refractivity contribution in [2.45, 2.75) is 29.5 Å². The topological polar surface area (TPSA) is 116 Å². The van der Waals surface area contributed by atoms with Gasteiger partial charge in [-0.3, -0.25) is 0 Å². The predicted octanol–water partition coefficient (Wildman–Crippen LogP) is 4.12. The minimum Gasteiger partial charge on any atom is -0.495 e. The molecule has 0 saturated carbocycles. The van der Waals surface area contributed by atoms with Crippen molar-refractivity contribution in [1.29, 1.82) is 0 Å². The summed E-state index contributed by atoms with van der Waals surface area (Å²) in [7, 11) is -0.406. The van der Waals surface area contributed by atoms with Gasteiger partial charge in [-0.25, -0.2) is 27.5 Å². The first-order chi connectivity index (χ1) is 17.7. The summed E-state index contributed by atoms with van der Waals surface area (Å²) in [5, 5.41) is 5.35. The number of hydrogen-bond donors (Lipinski definition) is 1. The molecule has 2 aromatic heterocycles. The number of nitrogens with zero attached hydrogens (tertiary/aromatic N) is 5. The molecule has 0 radical (unpaired) electrons. The lowest BCUT2D eigenvalue weighted by Crippen LogP contribution is -2.32. The van der Waals surface area contributed by atoms with Gasteiger partial charge in [-0.2, -0.15) is 5.10 Å². The van der Waals surface area contributed by atoms with E-state index in [2.05, 4.69) is 21.9 Å². The molecule has 194 valence electrons. The molecule has 1 fully saturated rings. The highest BCUT2D eigenvalue weighted by atomic mass is 35.5. The molecule has 1 aliphatic rings. The third-order valence-electron chi connectivity index (χ3n) is 6.71. The number of nitrogens with two attached hydrogens (primary N) is 1. The number of methoxy groups -OCH3 is 1. The number of anilines is 1. The number of rotatable bonds is 6. The van der Waals surface area contributed by atoms with Crippen LogP contribution in [0.25, 0.3) is 22.3 Å². The van der Waals surface area contributed by atoms with Gasteiger partial charge < -0.3 is 15.4 Å². The Morgan fingerprint density at radius 1 is 1.19 bits per heavy atom. The van der Waals surface area contributed by atoms with Gasteiger partial charge in [0.1, 0.15) is 29.4 Å². The van der Waals surface area contributed by atoms with E-state index in [0.717, 1.165) is 25.9 Å². The minimum absolute atomic E-state index is 0.00172. The molecular formula is C25H26ClFN6O3S. The quantitative estimate of drug-likeness (QED) is 0.385. The number of piperidine rings is 1. The normalized spacial score (nSPS) is 15.4. The second-order valence-corrected chi connectivity index (χ2v) is 11.5. The number of hydrogen-bond acceptors (Lipinski definition) is 8. The van der Waals surface area contributed by atoms with E-state index in [0.29, 0.717) is 16.8 Å². The van der Waals surface area contributed by atoms with E-state index in [4.69, 9.17) is 27.2 Å². The zero-order chi connectivity index (χ0) is 26.3. The first-order valence-corrected chi connectivity index (χ1v) is 13.7. The van der Waals surface area contributed by atoms with Gasteiger partial charge in [0.25, 0.3) is 0 Å². The first-order valence-electron chi connectivity index (χ1n) is 11.7. The summed E-state index contributed by atoms with van der Waals surface area (Å²) in [5.41, 5.74) is 7.17. The molecule has 0 spiro atoms. The van der Waals surface area contributed by atoms with E-state index in [1.165, 1.54) is 37.7 Å². The van der Waals surface area contributed by atoms with E-state index in [9.17, 15) is 8.42 Å². The van der Waals surface area contributed by atoms with Crippen molar-refractivity contribution < 1.29 is 17.5 Å².